The number of pyridine rings is 1. The van der Waals surface area contributed by atoms with Crippen LogP contribution in [-0.2, 0) is 0 Å². The maximum Gasteiger partial charge on any atom is 0.220 e. The lowest BCUT2D eigenvalue weighted by Crippen LogP contribution is -1.93. The third kappa shape index (κ3) is 2.13. The second-order valence-electron chi connectivity index (χ2n) is 2.02. The van der Waals surface area contributed by atoms with Crippen LogP contribution in [0.25, 0.3) is 6.08 Å². The number of nitrogens with two attached hydrogens (primary N) is 1. The largest absolute Gasteiger partial charge is 0.327 e. The first-order chi connectivity index (χ1) is 5.34. The van der Waals surface area contributed by atoms with Crippen molar-refractivity contribution < 1.29 is 4.39 Å². The number of aromatic nitrogens is 1. The molecule has 0 aliphatic carbocycles. The van der Waals surface area contributed by atoms with E-state index in [0.29, 0.717) is 12.1 Å². The normalized spacial score (nSPS) is 10.7. The van der Waals surface area contributed by atoms with E-state index in [-0.39, 0.29) is 0 Å². The molecule has 0 spiro atoms. The first-order valence-corrected chi connectivity index (χ1v) is 3.31. The zero-order valence-corrected chi connectivity index (χ0v) is 6.00. The summed E-state index contributed by atoms with van der Waals surface area (Å²) in [7, 11) is 0. The van der Waals surface area contributed by atoms with Gasteiger partial charge in [-0.25, -0.2) is 4.98 Å². The van der Waals surface area contributed by atoms with E-state index >= 15 is 0 Å². The molecule has 0 amide bonds. The van der Waals surface area contributed by atoms with Crippen LogP contribution in [-0.4, -0.2) is 11.5 Å². The molecule has 1 heterocycles. The van der Waals surface area contributed by atoms with Crippen LogP contribution in [0.3, 0.4) is 0 Å². The minimum atomic E-state index is -0.461. The van der Waals surface area contributed by atoms with Gasteiger partial charge in [-0.15, -0.1) is 0 Å². The van der Waals surface area contributed by atoms with Crippen molar-refractivity contribution in [2.45, 2.75) is 0 Å². The minimum absolute atomic E-state index is 0.411. The fraction of sp³-hybridized carbons (Fsp3) is 0.125. The van der Waals surface area contributed by atoms with Crippen LogP contribution in [0, 0.1) is 5.95 Å². The molecule has 1 aromatic rings. The zero-order chi connectivity index (χ0) is 8.10. The Balaban J connectivity index is 2.86. The lowest BCUT2D eigenvalue weighted by Gasteiger charge is -1.92. The number of hydrogen-bond donors (Lipinski definition) is 1. The Morgan fingerprint density at radius 3 is 3.09 bits per heavy atom. The van der Waals surface area contributed by atoms with Crippen LogP contribution in [0.4, 0.5) is 4.39 Å². The Bertz CT molecular complexity index is 258. The molecule has 0 saturated carbocycles. The SMILES string of the molecule is NC/C=C/c1cccnc1F. The molecule has 0 saturated heterocycles. The van der Waals surface area contributed by atoms with Crippen LogP contribution >= 0.6 is 0 Å². The highest BCUT2D eigenvalue weighted by Gasteiger charge is 1.94. The lowest BCUT2D eigenvalue weighted by molar-refractivity contribution is 0.581. The van der Waals surface area contributed by atoms with Gasteiger partial charge in [-0.1, -0.05) is 12.2 Å². The standard InChI is InChI=1S/C8H9FN2/c9-8-7(3-1-5-10)4-2-6-11-8/h1-4,6H,5,10H2/b3-1+. The lowest BCUT2D eigenvalue weighted by atomic mass is 10.2. The van der Waals surface area contributed by atoms with Gasteiger partial charge in [-0.05, 0) is 12.1 Å². The fourth-order valence-electron chi connectivity index (χ4n) is 0.718. The van der Waals surface area contributed by atoms with Crippen LogP contribution in [0.15, 0.2) is 24.4 Å². The smallest absolute Gasteiger partial charge is 0.220 e. The Morgan fingerprint density at radius 1 is 1.64 bits per heavy atom. The van der Waals surface area contributed by atoms with Gasteiger partial charge in [0.2, 0.25) is 5.95 Å². The Kier molecular flexibility index (Phi) is 2.74. The van der Waals surface area contributed by atoms with Gasteiger partial charge in [0, 0.05) is 18.3 Å². The van der Waals surface area contributed by atoms with Crippen molar-refractivity contribution in [3.63, 3.8) is 0 Å². The number of rotatable bonds is 2. The molecule has 2 nitrogen and oxygen atoms in total. The molecule has 58 valence electrons. The van der Waals surface area contributed by atoms with Crippen molar-refractivity contribution >= 4 is 6.08 Å². The van der Waals surface area contributed by atoms with Gasteiger partial charge in [-0.3, -0.25) is 0 Å². The van der Waals surface area contributed by atoms with Crippen molar-refractivity contribution in [1.29, 1.82) is 0 Å². The summed E-state index contributed by atoms with van der Waals surface area (Å²) in [6, 6.07) is 3.33. The molecule has 0 radical (unpaired) electrons. The van der Waals surface area contributed by atoms with Crippen molar-refractivity contribution in [3.8, 4) is 0 Å². The molecule has 0 aliphatic rings. The number of nitrogens with zero attached hydrogens (tertiary/aromatic N) is 1. The second-order valence-corrected chi connectivity index (χ2v) is 2.02. The first-order valence-electron chi connectivity index (χ1n) is 3.31. The molecule has 0 aromatic carbocycles. The predicted octanol–water partition coefficient (Wildman–Crippen LogP) is 1.19. The maximum absolute atomic E-state index is 12.7. The third-order valence-electron chi connectivity index (χ3n) is 1.22. The molecule has 0 atom stereocenters. The number of hydrogen-bond acceptors (Lipinski definition) is 2. The quantitative estimate of drug-likeness (QED) is 0.646. The van der Waals surface area contributed by atoms with Gasteiger partial charge < -0.3 is 5.73 Å². The van der Waals surface area contributed by atoms with Crippen LogP contribution in [0.2, 0.25) is 0 Å². The summed E-state index contributed by atoms with van der Waals surface area (Å²) in [5, 5.41) is 0. The summed E-state index contributed by atoms with van der Waals surface area (Å²) >= 11 is 0. The molecule has 2 N–H and O–H groups in total. The molecule has 11 heavy (non-hydrogen) atoms. The fourth-order valence-corrected chi connectivity index (χ4v) is 0.718. The predicted molar refractivity (Wildman–Crippen MR) is 42.3 cm³/mol. The topological polar surface area (TPSA) is 38.9 Å². The monoisotopic (exact) mass is 152 g/mol. The second kappa shape index (κ2) is 3.83. The Hall–Kier alpha value is -1.22. The van der Waals surface area contributed by atoms with Gasteiger partial charge >= 0.3 is 0 Å². The van der Waals surface area contributed by atoms with Crippen molar-refractivity contribution in [2.24, 2.45) is 5.73 Å². The van der Waals surface area contributed by atoms with Gasteiger partial charge in [0.25, 0.3) is 0 Å². The molecule has 1 rings (SSSR count). The minimum Gasteiger partial charge on any atom is -0.327 e. The van der Waals surface area contributed by atoms with Crippen LogP contribution in [0.1, 0.15) is 5.56 Å². The molecule has 3 heteroatoms. The van der Waals surface area contributed by atoms with E-state index in [2.05, 4.69) is 4.98 Å². The van der Waals surface area contributed by atoms with E-state index in [1.807, 2.05) is 0 Å². The molecule has 0 fully saturated rings. The van der Waals surface area contributed by atoms with Crippen molar-refractivity contribution in [2.75, 3.05) is 6.54 Å². The van der Waals surface area contributed by atoms with Crippen molar-refractivity contribution in [1.82, 2.24) is 4.98 Å². The summed E-state index contributed by atoms with van der Waals surface area (Å²) in [5.41, 5.74) is 5.67. The average molecular weight is 152 g/mol. The van der Waals surface area contributed by atoms with Crippen LogP contribution < -0.4 is 5.73 Å². The highest BCUT2D eigenvalue weighted by atomic mass is 19.1. The van der Waals surface area contributed by atoms with Gasteiger partial charge in [0.1, 0.15) is 0 Å². The molecule has 1 aromatic heterocycles. The van der Waals surface area contributed by atoms with E-state index in [1.54, 1.807) is 24.3 Å². The average Bonchev–Trinajstić information content (AvgIpc) is 2.03. The van der Waals surface area contributed by atoms with E-state index in [4.69, 9.17) is 5.73 Å². The Labute approximate surface area is 64.6 Å². The summed E-state index contributed by atoms with van der Waals surface area (Å²) in [6.07, 6.45) is 4.71. The van der Waals surface area contributed by atoms with Gasteiger partial charge in [0.05, 0.1) is 0 Å². The zero-order valence-electron chi connectivity index (χ0n) is 6.00. The molecular weight excluding hydrogens is 143 g/mol. The summed E-state index contributed by atoms with van der Waals surface area (Å²) in [6.45, 7) is 0.411. The van der Waals surface area contributed by atoms with Gasteiger partial charge in [0.15, 0.2) is 0 Å². The Morgan fingerprint density at radius 2 is 2.45 bits per heavy atom. The maximum atomic E-state index is 12.7. The number of halogens is 1. The van der Waals surface area contributed by atoms with E-state index in [1.165, 1.54) is 6.20 Å². The molecule has 0 unspecified atom stereocenters. The molecule has 0 bridgehead atoms. The van der Waals surface area contributed by atoms with Gasteiger partial charge in [-0.2, -0.15) is 4.39 Å². The van der Waals surface area contributed by atoms with E-state index in [9.17, 15) is 4.39 Å². The highest BCUT2D eigenvalue weighted by molar-refractivity contribution is 5.48. The summed E-state index contributed by atoms with van der Waals surface area (Å²) in [5.74, 6) is -0.461. The van der Waals surface area contributed by atoms with Crippen LogP contribution in [0.5, 0.6) is 0 Å². The highest BCUT2D eigenvalue weighted by Crippen LogP contribution is 2.04. The first kappa shape index (κ1) is 7.88. The summed E-state index contributed by atoms with van der Waals surface area (Å²) < 4.78 is 12.7. The van der Waals surface area contributed by atoms with Crippen molar-refractivity contribution in [3.05, 3.63) is 35.9 Å². The molecular formula is C8H9FN2. The van der Waals surface area contributed by atoms with E-state index in [0.717, 1.165) is 0 Å². The summed E-state index contributed by atoms with van der Waals surface area (Å²) in [4.78, 5) is 3.47. The third-order valence-corrected chi connectivity index (χ3v) is 1.22. The van der Waals surface area contributed by atoms with E-state index < -0.39 is 5.95 Å². The molecule has 0 aliphatic heterocycles.